The molecule has 5 rings (SSSR count). The van der Waals surface area contributed by atoms with Crippen molar-refractivity contribution in [1.29, 1.82) is 0 Å². The third-order valence-electron chi connectivity index (χ3n) is 6.89. The van der Waals surface area contributed by atoms with Gasteiger partial charge in [-0.25, -0.2) is 4.79 Å². The van der Waals surface area contributed by atoms with Gasteiger partial charge in [-0.2, -0.15) is 4.37 Å². The lowest BCUT2D eigenvalue weighted by Gasteiger charge is -2.35. The Balaban J connectivity index is 1.12. The molecular formula is C24H30N6O3S. The number of nitrogens with zero attached hydrogens (tertiary/aromatic N) is 6. The molecule has 2 aliphatic heterocycles. The van der Waals surface area contributed by atoms with E-state index in [1.54, 1.807) is 21.0 Å². The molecule has 2 aliphatic rings. The van der Waals surface area contributed by atoms with Crippen molar-refractivity contribution in [3.63, 3.8) is 0 Å². The van der Waals surface area contributed by atoms with Crippen molar-refractivity contribution in [2.24, 2.45) is 0 Å². The van der Waals surface area contributed by atoms with E-state index >= 15 is 0 Å². The third kappa shape index (κ3) is 4.52. The van der Waals surface area contributed by atoms with Gasteiger partial charge in [0.25, 0.3) is 5.56 Å². The highest BCUT2D eigenvalue weighted by atomic mass is 32.1. The molecule has 0 radical (unpaired) electrons. The molecule has 0 aliphatic carbocycles. The molecule has 1 amide bonds. The van der Waals surface area contributed by atoms with E-state index in [9.17, 15) is 14.4 Å². The number of fused-ring (bicyclic) bond motifs is 2. The minimum atomic E-state index is -0.272. The molecule has 2 aromatic heterocycles. The molecule has 10 heteroatoms. The van der Waals surface area contributed by atoms with Crippen LogP contribution in [0, 0.1) is 0 Å². The van der Waals surface area contributed by atoms with Gasteiger partial charge in [0.05, 0.1) is 11.2 Å². The van der Waals surface area contributed by atoms with Crippen molar-refractivity contribution < 1.29 is 4.79 Å². The zero-order valence-corrected chi connectivity index (χ0v) is 20.3. The van der Waals surface area contributed by atoms with Crippen LogP contribution in [0.2, 0.25) is 0 Å². The summed E-state index contributed by atoms with van der Waals surface area (Å²) >= 11 is 1.56. The van der Waals surface area contributed by atoms with E-state index in [1.807, 2.05) is 0 Å². The third-order valence-corrected chi connectivity index (χ3v) is 7.71. The van der Waals surface area contributed by atoms with Crippen LogP contribution in [0.25, 0.3) is 10.1 Å². The smallest absolute Gasteiger partial charge is 0.331 e. The Morgan fingerprint density at radius 3 is 2.56 bits per heavy atom. The maximum atomic E-state index is 12.9. The van der Waals surface area contributed by atoms with Gasteiger partial charge in [-0.05, 0) is 43.1 Å². The Labute approximate surface area is 202 Å². The molecule has 0 atom stereocenters. The predicted molar refractivity (Wildman–Crippen MR) is 134 cm³/mol. The first-order chi connectivity index (χ1) is 16.5. The minimum absolute atomic E-state index is 0.0383. The summed E-state index contributed by atoms with van der Waals surface area (Å²) in [7, 11) is 0. The fourth-order valence-corrected chi connectivity index (χ4v) is 5.69. The highest BCUT2D eigenvalue weighted by Crippen LogP contribution is 2.29. The normalized spacial score (nSPS) is 16.7. The summed E-state index contributed by atoms with van der Waals surface area (Å²) in [6, 6.07) is 9.89. The summed E-state index contributed by atoms with van der Waals surface area (Å²) in [5, 5.41) is 1.23. The largest absolute Gasteiger partial charge is 0.353 e. The van der Waals surface area contributed by atoms with Crippen LogP contribution in [-0.4, -0.2) is 68.5 Å². The molecule has 4 heterocycles. The van der Waals surface area contributed by atoms with Gasteiger partial charge in [0.1, 0.15) is 5.82 Å². The number of piperazine rings is 1. The van der Waals surface area contributed by atoms with Gasteiger partial charge in [-0.1, -0.05) is 12.1 Å². The Bertz CT molecular complexity index is 1300. The predicted octanol–water partition coefficient (Wildman–Crippen LogP) is 1.58. The molecule has 9 nitrogen and oxygen atoms in total. The average molecular weight is 483 g/mol. The van der Waals surface area contributed by atoms with Gasteiger partial charge in [0.15, 0.2) is 0 Å². The lowest BCUT2D eigenvalue weighted by Crippen LogP contribution is -2.48. The van der Waals surface area contributed by atoms with Crippen LogP contribution in [0.4, 0.5) is 5.82 Å². The van der Waals surface area contributed by atoms with Crippen molar-refractivity contribution in [3.05, 3.63) is 56.9 Å². The standard InChI is InChI=1S/C24H30N6O3S/c1-18(31)28-14-15-29-19(17-28)16-22(32)30(24(29)33)9-5-4-8-26-10-12-27(13-11-26)23-20-6-2-3-7-21(20)34-25-23/h2-3,6-7,16H,4-5,8-15,17H2,1H3. The molecule has 1 aromatic carbocycles. The molecule has 0 bridgehead atoms. The lowest BCUT2D eigenvalue weighted by molar-refractivity contribution is -0.130. The first-order valence-electron chi connectivity index (χ1n) is 11.9. The first kappa shape index (κ1) is 22.8. The van der Waals surface area contributed by atoms with Crippen molar-refractivity contribution in [3.8, 4) is 0 Å². The molecule has 3 aromatic rings. The van der Waals surface area contributed by atoms with E-state index < -0.39 is 0 Å². The van der Waals surface area contributed by atoms with E-state index in [4.69, 9.17) is 0 Å². The molecule has 180 valence electrons. The lowest BCUT2D eigenvalue weighted by atomic mass is 10.2. The molecule has 34 heavy (non-hydrogen) atoms. The Kier molecular flexibility index (Phi) is 6.51. The Hall–Kier alpha value is -2.98. The van der Waals surface area contributed by atoms with Crippen LogP contribution in [-0.2, 0) is 24.4 Å². The number of benzene rings is 1. The molecule has 0 spiro atoms. The van der Waals surface area contributed by atoms with Crippen molar-refractivity contribution in [2.45, 2.75) is 39.4 Å². The molecule has 1 fully saturated rings. The van der Waals surface area contributed by atoms with Crippen LogP contribution >= 0.6 is 11.5 Å². The minimum Gasteiger partial charge on any atom is -0.353 e. The van der Waals surface area contributed by atoms with Gasteiger partial charge in [-0.15, -0.1) is 0 Å². The maximum absolute atomic E-state index is 12.9. The fourth-order valence-electron chi connectivity index (χ4n) is 4.89. The van der Waals surface area contributed by atoms with Gasteiger partial charge < -0.3 is 9.80 Å². The van der Waals surface area contributed by atoms with E-state index in [0.29, 0.717) is 31.9 Å². The van der Waals surface area contributed by atoms with Crippen LogP contribution < -0.4 is 16.1 Å². The summed E-state index contributed by atoms with van der Waals surface area (Å²) in [6.07, 6.45) is 1.72. The summed E-state index contributed by atoms with van der Waals surface area (Å²) < 4.78 is 8.89. The number of anilines is 1. The maximum Gasteiger partial charge on any atom is 0.331 e. The highest BCUT2D eigenvalue weighted by Gasteiger charge is 2.22. The molecule has 0 unspecified atom stereocenters. The quantitative estimate of drug-likeness (QED) is 0.496. The SMILES string of the molecule is CC(=O)N1CCn2c(cc(=O)n(CCCCN3CCN(c4nsc5ccccc45)CC3)c2=O)C1. The number of unbranched alkanes of at least 4 members (excludes halogenated alkanes) is 1. The van der Waals surface area contributed by atoms with E-state index in [2.05, 4.69) is 38.4 Å². The highest BCUT2D eigenvalue weighted by molar-refractivity contribution is 7.13. The number of carbonyl (C=O) groups is 1. The number of aromatic nitrogens is 3. The second-order valence-electron chi connectivity index (χ2n) is 9.04. The Morgan fingerprint density at radius 1 is 1.00 bits per heavy atom. The van der Waals surface area contributed by atoms with Crippen LogP contribution in [0.5, 0.6) is 0 Å². The van der Waals surface area contributed by atoms with Crippen LogP contribution in [0.15, 0.2) is 39.9 Å². The number of rotatable bonds is 6. The topological polar surface area (TPSA) is 83.7 Å². The zero-order chi connectivity index (χ0) is 23.7. The fraction of sp³-hybridized carbons (Fsp3) is 0.500. The van der Waals surface area contributed by atoms with Gasteiger partial charge in [-0.3, -0.25) is 23.6 Å². The van der Waals surface area contributed by atoms with Crippen molar-refractivity contribution in [2.75, 3.05) is 44.2 Å². The first-order valence-corrected chi connectivity index (χ1v) is 12.7. The van der Waals surface area contributed by atoms with Gasteiger partial charge in [0.2, 0.25) is 5.91 Å². The summed E-state index contributed by atoms with van der Waals surface area (Å²) in [4.78, 5) is 43.5. The number of hydrogen-bond acceptors (Lipinski definition) is 7. The van der Waals surface area contributed by atoms with Gasteiger partial charge in [0, 0.05) is 69.9 Å². The van der Waals surface area contributed by atoms with Crippen molar-refractivity contribution in [1.82, 2.24) is 23.3 Å². The average Bonchev–Trinajstić information content (AvgIpc) is 3.27. The number of amides is 1. The molecular weight excluding hydrogens is 452 g/mol. The van der Waals surface area contributed by atoms with E-state index in [0.717, 1.165) is 51.4 Å². The van der Waals surface area contributed by atoms with E-state index in [1.165, 1.54) is 27.6 Å². The molecule has 0 saturated carbocycles. The second-order valence-corrected chi connectivity index (χ2v) is 9.84. The Morgan fingerprint density at radius 2 is 1.76 bits per heavy atom. The van der Waals surface area contributed by atoms with Crippen molar-refractivity contribution >= 4 is 33.3 Å². The molecule has 0 N–H and O–H groups in total. The summed E-state index contributed by atoms with van der Waals surface area (Å²) in [5.74, 6) is 1.06. The summed E-state index contributed by atoms with van der Waals surface area (Å²) in [5.41, 5.74) is 0.0963. The summed E-state index contributed by atoms with van der Waals surface area (Å²) in [6.45, 7) is 8.04. The zero-order valence-electron chi connectivity index (χ0n) is 19.5. The van der Waals surface area contributed by atoms with Crippen LogP contribution in [0.3, 0.4) is 0 Å². The number of carbonyl (C=O) groups excluding carboxylic acids is 1. The molecule has 1 saturated heterocycles. The van der Waals surface area contributed by atoms with Crippen LogP contribution in [0.1, 0.15) is 25.5 Å². The number of hydrogen-bond donors (Lipinski definition) is 0. The van der Waals surface area contributed by atoms with Gasteiger partial charge >= 0.3 is 5.69 Å². The van der Waals surface area contributed by atoms with E-state index in [-0.39, 0.29) is 17.2 Å². The second kappa shape index (κ2) is 9.71. The monoisotopic (exact) mass is 482 g/mol.